The van der Waals surface area contributed by atoms with Gasteiger partial charge in [0.25, 0.3) is 0 Å². The largest absolute Gasteiger partial charge is 0.354 e. The minimum Gasteiger partial charge on any atom is -0.354 e. The number of thioether (sulfide) groups is 1. The van der Waals surface area contributed by atoms with E-state index in [2.05, 4.69) is 31.3 Å². The summed E-state index contributed by atoms with van der Waals surface area (Å²) in [5, 5.41) is 3.59. The molecule has 0 aliphatic rings. The number of carbonyl (C=O) groups is 2. The lowest BCUT2D eigenvalue weighted by molar-refractivity contribution is -0.141. The summed E-state index contributed by atoms with van der Waals surface area (Å²) in [6.07, 6.45) is 0.938. The van der Waals surface area contributed by atoms with Gasteiger partial charge in [0.2, 0.25) is 11.8 Å². The van der Waals surface area contributed by atoms with Crippen LogP contribution in [0.5, 0.6) is 0 Å². The van der Waals surface area contributed by atoms with Gasteiger partial charge in [-0.1, -0.05) is 80.9 Å². The van der Waals surface area contributed by atoms with Crippen LogP contribution in [0, 0.1) is 5.92 Å². The molecule has 2 aromatic rings. The molecule has 0 saturated heterocycles. The Bertz CT molecular complexity index is 829. The maximum absolute atomic E-state index is 13.2. The summed E-state index contributed by atoms with van der Waals surface area (Å²) in [6.45, 7) is 6.97. The van der Waals surface area contributed by atoms with Crippen molar-refractivity contribution >= 4 is 35.2 Å². The van der Waals surface area contributed by atoms with E-state index in [1.165, 1.54) is 5.56 Å². The van der Waals surface area contributed by atoms with Crippen LogP contribution >= 0.6 is 23.4 Å². The van der Waals surface area contributed by atoms with Crippen molar-refractivity contribution in [1.29, 1.82) is 0 Å². The summed E-state index contributed by atoms with van der Waals surface area (Å²) in [7, 11) is 0. The van der Waals surface area contributed by atoms with Crippen LogP contribution in [0.1, 0.15) is 44.7 Å². The number of hydrogen-bond donors (Lipinski definition) is 1. The lowest BCUT2D eigenvalue weighted by Crippen LogP contribution is -2.49. The van der Waals surface area contributed by atoms with Crippen LogP contribution in [0.25, 0.3) is 0 Å². The summed E-state index contributed by atoms with van der Waals surface area (Å²) >= 11 is 8.08. The van der Waals surface area contributed by atoms with E-state index in [1.807, 2.05) is 49.4 Å². The first-order valence-electron chi connectivity index (χ1n) is 10.8. The van der Waals surface area contributed by atoms with Crippen molar-refractivity contribution in [1.82, 2.24) is 10.2 Å². The van der Waals surface area contributed by atoms with E-state index in [-0.39, 0.29) is 11.8 Å². The third-order valence-electron chi connectivity index (χ3n) is 4.94. The average molecular weight is 461 g/mol. The smallest absolute Gasteiger partial charge is 0.242 e. The first kappa shape index (κ1) is 25.3. The van der Waals surface area contributed by atoms with Gasteiger partial charge in [-0.2, -0.15) is 11.8 Å². The van der Waals surface area contributed by atoms with Crippen LogP contribution in [0.2, 0.25) is 5.02 Å². The van der Waals surface area contributed by atoms with Crippen LogP contribution in [0.15, 0.2) is 54.6 Å². The SMILES string of the molecule is CC[C@@H](C(=O)NCC(C)C)N(Cc1ccccc1Cl)C(=O)CCSCc1ccccc1. The van der Waals surface area contributed by atoms with Gasteiger partial charge in [-0.15, -0.1) is 0 Å². The van der Waals surface area contributed by atoms with Crippen molar-refractivity contribution in [3.8, 4) is 0 Å². The van der Waals surface area contributed by atoms with Gasteiger partial charge in [-0.25, -0.2) is 0 Å². The third-order valence-corrected chi connectivity index (χ3v) is 6.34. The Morgan fingerprint density at radius 2 is 1.74 bits per heavy atom. The van der Waals surface area contributed by atoms with Crippen LogP contribution < -0.4 is 5.32 Å². The molecule has 0 aromatic heterocycles. The lowest BCUT2D eigenvalue weighted by atomic mass is 10.1. The van der Waals surface area contributed by atoms with Gasteiger partial charge in [0, 0.05) is 36.0 Å². The summed E-state index contributed by atoms with van der Waals surface area (Å²) < 4.78 is 0. The first-order chi connectivity index (χ1) is 14.9. The van der Waals surface area contributed by atoms with E-state index >= 15 is 0 Å². The van der Waals surface area contributed by atoms with Gasteiger partial charge in [-0.3, -0.25) is 9.59 Å². The molecule has 0 fully saturated rings. The Balaban J connectivity index is 2.06. The predicted molar refractivity (Wildman–Crippen MR) is 131 cm³/mol. The number of rotatable bonds is 12. The molecule has 1 N–H and O–H groups in total. The van der Waals surface area contributed by atoms with Crippen molar-refractivity contribution in [2.24, 2.45) is 5.92 Å². The highest BCUT2D eigenvalue weighted by atomic mass is 35.5. The molecule has 168 valence electrons. The molecule has 31 heavy (non-hydrogen) atoms. The summed E-state index contributed by atoms with van der Waals surface area (Å²) in [5.74, 6) is 1.80. The molecule has 2 aromatic carbocycles. The molecule has 0 radical (unpaired) electrons. The molecular weight excluding hydrogens is 428 g/mol. The van der Waals surface area contributed by atoms with Crippen LogP contribution in [0.3, 0.4) is 0 Å². The number of nitrogens with one attached hydrogen (secondary N) is 1. The minimum absolute atomic E-state index is 0.0213. The second-order valence-electron chi connectivity index (χ2n) is 7.96. The second kappa shape index (κ2) is 13.4. The zero-order valence-electron chi connectivity index (χ0n) is 18.6. The van der Waals surface area contributed by atoms with Crippen LogP contribution in [-0.4, -0.2) is 35.1 Å². The summed E-state index contributed by atoms with van der Waals surface area (Å²) in [5.41, 5.74) is 2.09. The van der Waals surface area contributed by atoms with Crippen molar-refractivity contribution in [2.45, 2.75) is 52.0 Å². The number of benzene rings is 2. The Hall–Kier alpha value is -1.98. The first-order valence-corrected chi connectivity index (χ1v) is 12.4. The molecule has 2 rings (SSSR count). The molecule has 1 atom stereocenters. The predicted octanol–water partition coefficient (Wildman–Crippen LogP) is 5.54. The standard InChI is InChI=1S/C25H33ClN2O2S/c1-4-23(25(30)27-16-19(2)3)28(17-21-12-8-9-13-22(21)26)24(29)14-15-31-18-20-10-6-5-7-11-20/h5-13,19,23H,4,14-18H2,1-3H3,(H,27,30)/t23-/m0/s1. The summed E-state index contributed by atoms with van der Waals surface area (Å²) in [6, 6.07) is 17.2. The molecular formula is C25H33ClN2O2S. The maximum atomic E-state index is 13.2. The fourth-order valence-corrected chi connectivity index (χ4v) is 4.31. The quantitative estimate of drug-likeness (QED) is 0.423. The minimum atomic E-state index is -0.512. The maximum Gasteiger partial charge on any atom is 0.242 e. The molecule has 2 amide bonds. The highest BCUT2D eigenvalue weighted by Crippen LogP contribution is 2.21. The van der Waals surface area contributed by atoms with E-state index in [0.29, 0.717) is 42.6 Å². The summed E-state index contributed by atoms with van der Waals surface area (Å²) in [4.78, 5) is 27.8. The Morgan fingerprint density at radius 1 is 1.06 bits per heavy atom. The highest BCUT2D eigenvalue weighted by molar-refractivity contribution is 7.98. The molecule has 0 heterocycles. The molecule has 6 heteroatoms. The van der Waals surface area contributed by atoms with E-state index in [9.17, 15) is 9.59 Å². The van der Waals surface area contributed by atoms with Crippen molar-refractivity contribution in [2.75, 3.05) is 12.3 Å². The topological polar surface area (TPSA) is 49.4 Å². The van der Waals surface area contributed by atoms with Gasteiger partial charge < -0.3 is 10.2 Å². The second-order valence-corrected chi connectivity index (χ2v) is 9.48. The number of hydrogen-bond acceptors (Lipinski definition) is 3. The van der Waals surface area contributed by atoms with Gasteiger partial charge in [0.05, 0.1) is 0 Å². The number of halogens is 1. The number of amides is 2. The lowest BCUT2D eigenvalue weighted by Gasteiger charge is -2.31. The number of nitrogens with zero attached hydrogens (tertiary/aromatic N) is 1. The van der Waals surface area contributed by atoms with Crippen LogP contribution in [-0.2, 0) is 21.9 Å². The van der Waals surface area contributed by atoms with E-state index < -0.39 is 6.04 Å². The Kier molecular flexibility index (Phi) is 11.0. The highest BCUT2D eigenvalue weighted by Gasteiger charge is 2.28. The molecule has 0 saturated carbocycles. The zero-order valence-corrected chi connectivity index (χ0v) is 20.2. The third kappa shape index (κ3) is 8.58. The Morgan fingerprint density at radius 3 is 2.39 bits per heavy atom. The molecule has 0 unspecified atom stereocenters. The van der Waals surface area contributed by atoms with E-state index in [1.54, 1.807) is 16.7 Å². The fourth-order valence-electron chi connectivity index (χ4n) is 3.22. The average Bonchev–Trinajstić information content (AvgIpc) is 2.77. The monoisotopic (exact) mass is 460 g/mol. The zero-order chi connectivity index (χ0) is 22.6. The molecule has 4 nitrogen and oxygen atoms in total. The van der Waals surface area contributed by atoms with Crippen molar-refractivity contribution in [3.05, 3.63) is 70.7 Å². The Labute approximate surface area is 195 Å². The molecule has 0 aliphatic heterocycles. The van der Waals surface area contributed by atoms with Gasteiger partial charge in [-0.05, 0) is 29.5 Å². The molecule has 0 aliphatic carbocycles. The number of carbonyl (C=O) groups excluding carboxylic acids is 2. The van der Waals surface area contributed by atoms with Crippen molar-refractivity contribution in [3.63, 3.8) is 0 Å². The molecule has 0 bridgehead atoms. The normalized spacial score (nSPS) is 11.9. The van der Waals surface area contributed by atoms with Gasteiger partial charge >= 0.3 is 0 Å². The van der Waals surface area contributed by atoms with Gasteiger partial charge in [0.15, 0.2) is 0 Å². The molecule has 0 spiro atoms. The van der Waals surface area contributed by atoms with Crippen LogP contribution in [0.4, 0.5) is 0 Å². The van der Waals surface area contributed by atoms with E-state index in [4.69, 9.17) is 11.6 Å². The van der Waals surface area contributed by atoms with Gasteiger partial charge in [0.1, 0.15) is 6.04 Å². The fraction of sp³-hybridized carbons (Fsp3) is 0.440. The van der Waals surface area contributed by atoms with Crippen molar-refractivity contribution < 1.29 is 9.59 Å². The van der Waals surface area contributed by atoms with E-state index in [0.717, 1.165) is 11.3 Å².